The number of nitrogens with zero attached hydrogens (tertiary/aromatic N) is 4. The van der Waals surface area contributed by atoms with Gasteiger partial charge in [0.1, 0.15) is 6.33 Å². The highest BCUT2D eigenvalue weighted by Crippen LogP contribution is 2.28. The summed E-state index contributed by atoms with van der Waals surface area (Å²) in [5.74, 6) is 0.991. The van der Waals surface area contributed by atoms with Gasteiger partial charge in [0.2, 0.25) is 17.8 Å². The lowest BCUT2D eigenvalue weighted by Gasteiger charge is -2.29. The summed E-state index contributed by atoms with van der Waals surface area (Å²) in [6, 6.07) is 22.8. The van der Waals surface area contributed by atoms with Crippen molar-refractivity contribution in [2.45, 2.75) is 26.8 Å². The number of aryl methyl sites for hydroxylation is 1. The maximum absolute atomic E-state index is 11.3. The summed E-state index contributed by atoms with van der Waals surface area (Å²) >= 11 is 0. The molecule has 0 bridgehead atoms. The summed E-state index contributed by atoms with van der Waals surface area (Å²) < 4.78 is 0. The quantitative estimate of drug-likeness (QED) is 0.440. The van der Waals surface area contributed by atoms with Gasteiger partial charge in [-0.25, -0.2) is 9.97 Å². The Bertz CT molecular complexity index is 1350. The van der Waals surface area contributed by atoms with E-state index in [4.69, 9.17) is 0 Å². The molecule has 0 saturated heterocycles. The average Bonchev–Trinajstić information content (AvgIpc) is 2.83. The number of benzene rings is 3. The van der Waals surface area contributed by atoms with E-state index in [0.29, 0.717) is 17.6 Å². The standard InChI is InChI=1S/C27H26N6O/c1-18-5-3-6-20(13-18)21-9-10-23-16-33(12-11-22(23)14-21)27-29-17-28-26(32-27)31-25-8-4-7-24(15-25)30-19(2)34/h3-10,13-15,17H,11-12,16H2,1-2H3,(H,30,34)(H,28,29,31,32). The first kappa shape index (κ1) is 21.6. The largest absolute Gasteiger partial charge is 0.336 e. The topological polar surface area (TPSA) is 83.0 Å². The van der Waals surface area contributed by atoms with Crippen molar-refractivity contribution < 1.29 is 4.79 Å². The molecule has 3 aromatic carbocycles. The van der Waals surface area contributed by atoms with Gasteiger partial charge >= 0.3 is 0 Å². The number of amides is 1. The van der Waals surface area contributed by atoms with E-state index in [1.54, 1.807) is 0 Å². The zero-order valence-corrected chi connectivity index (χ0v) is 19.2. The van der Waals surface area contributed by atoms with Crippen LogP contribution in [0.15, 0.2) is 73.1 Å². The third-order valence-electron chi connectivity index (χ3n) is 5.85. The van der Waals surface area contributed by atoms with Crippen LogP contribution in [0.4, 0.5) is 23.3 Å². The number of rotatable bonds is 5. The predicted octanol–water partition coefficient (Wildman–Crippen LogP) is 5.11. The first-order valence-electron chi connectivity index (χ1n) is 11.3. The van der Waals surface area contributed by atoms with Crippen molar-refractivity contribution in [3.63, 3.8) is 0 Å². The van der Waals surface area contributed by atoms with Crippen molar-refractivity contribution in [2.24, 2.45) is 0 Å². The molecule has 170 valence electrons. The van der Waals surface area contributed by atoms with Crippen LogP contribution in [0.5, 0.6) is 0 Å². The summed E-state index contributed by atoms with van der Waals surface area (Å²) in [5.41, 5.74) is 7.94. The zero-order chi connectivity index (χ0) is 23.5. The summed E-state index contributed by atoms with van der Waals surface area (Å²) in [5, 5.41) is 5.99. The fourth-order valence-electron chi connectivity index (χ4n) is 4.24. The fraction of sp³-hybridized carbons (Fsp3) is 0.185. The highest BCUT2D eigenvalue weighted by Gasteiger charge is 2.19. The van der Waals surface area contributed by atoms with E-state index >= 15 is 0 Å². The molecule has 7 heteroatoms. The number of nitrogens with one attached hydrogen (secondary N) is 2. The van der Waals surface area contributed by atoms with Crippen LogP contribution in [-0.4, -0.2) is 27.4 Å². The Morgan fingerprint density at radius 1 is 0.912 bits per heavy atom. The Hall–Kier alpha value is -4.26. The van der Waals surface area contributed by atoms with Crippen molar-refractivity contribution in [1.29, 1.82) is 0 Å². The van der Waals surface area contributed by atoms with Crippen molar-refractivity contribution >= 4 is 29.2 Å². The van der Waals surface area contributed by atoms with Gasteiger partial charge in [-0.1, -0.05) is 54.1 Å². The molecule has 2 heterocycles. The van der Waals surface area contributed by atoms with E-state index in [1.165, 1.54) is 41.1 Å². The molecule has 1 aromatic heterocycles. The molecule has 1 aliphatic heterocycles. The molecule has 34 heavy (non-hydrogen) atoms. The summed E-state index contributed by atoms with van der Waals surface area (Å²) in [4.78, 5) is 26.8. The molecule has 1 aliphatic rings. The van der Waals surface area contributed by atoms with Gasteiger partial charge in [-0.2, -0.15) is 4.98 Å². The first-order valence-corrected chi connectivity index (χ1v) is 11.3. The van der Waals surface area contributed by atoms with Crippen LogP contribution in [-0.2, 0) is 17.8 Å². The van der Waals surface area contributed by atoms with Crippen molar-refractivity contribution in [1.82, 2.24) is 15.0 Å². The second kappa shape index (κ2) is 9.31. The van der Waals surface area contributed by atoms with E-state index in [0.717, 1.165) is 25.2 Å². The van der Waals surface area contributed by atoms with Crippen LogP contribution in [0.25, 0.3) is 11.1 Å². The van der Waals surface area contributed by atoms with Gasteiger partial charge in [-0.05, 0) is 53.8 Å². The highest BCUT2D eigenvalue weighted by atomic mass is 16.1. The summed E-state index contributed by atoms with van der Waals surface area (Å²) in [6.07, 6.45) is 2.46. The maximum Gasteiger partial charge on any atom is 0.232 e. The molecule has 1 amide bonds. The maximum atomic E-state index is 11.3. The van der Waals surface area contributed by atoms with Gasteiger partial charge in [0.25, 0.3) is 0 Å². The summed E-state index contributed by atoms with van der Waals surface area (Å²) in [6.45, 7) is 5.20. The molecular weight excluding hydrogens is 424 g/mol. The van der Waals surface area contributed by atoms with Crippen molar-refractivity contribution in [3.05, 3.63) is 89.7 Å². The molecule has 0 unspecified atom stereocenters. The number of aromatic nitrogens is 3. The van der Waals surface area contributed by atoms with Gasteiger partial charge in [0.15, 0.2) is 0 Å². The molecule has 0 fully saturated rings. The van der Waals surface area contributed by atoms with Crippen LogP contribution < -0.4 is 15.5 Å². The number of hydrogen-bond acceptors (Lipinski definition) is 6. The predicted molar refractivity (Wildman–Crippen MR) is 135 cm³/mol. The Morgan fingerprint density at radius 2 is 1.74 bits per heavy atom. The number of fused-ring (bicyclic) bond motifs is 1. The van der Waals surface area contributed by atoms with Gasteiger partial charge in [-0.3, -0.25) is 4.79 Å². The summed E-state index contributed by atoms with van der Waals surface area (Å²) in [7, 11) is 0. The minimum absolute atomic E-state index is 0.115. The number of hydrogen-bond donors (Lipinski definition) is 2. The molecule has 0 spiro atoms. The molecule has 2 N–H and O–H groups in total. The highest BCUT2D eigenvalue weighted by molar-refractivity contribution is 5.89. The SMILES string of the molecule is CC(=O)Nc1cccc(Nc2ncnc(N3CCc4cc(-c5cccc(C)c5)ccc4C3)n2)c1. The Labute approximate surface area is 198 Å². The average molecular weight is 451 g/mol. The van der Waals surface area contributed by atoms with Crippen LogP contribution >= 0.6 is 0 Å². The third-order valence-corrected chi connectivity index (χ3v) is 5.85. The first-order chi connectivity index (χ1) is 16.5. The lowest BCUT2D eigenvalue weighted by molar-refractivity contribution is -0.114. The second-order valence-electron chi connectivity index (χ2n) is 8.52. The van der Waals surface area contributed by atoms with Crippen molar-refractivity contribution in [2.75, 3.05) is 22.1 Å². The smallest absolute Gasteiger partial charge is 0.232 e. The van der Waals surface area contributed by atoms with Crippen LogP contribution in [0, 0.1) is 6.92 Å². The zero-order valence-electron chi connectivity index (χ0n) is 19.2. The normalized spacial score (nSPS) is 12.7. The molecule has 0 saturated carbocycles. The van der Waals surface area contributed by atoms with Gasteiger partial charge < -0.3 is 15.5 Å². The van der Waals surface area contributed by atoms with E-state index in [1.807, 2.05) is 24.3 Å². The number of carbonyl (C=O) groups is 1. The van der Waals surface area contributed by atoms with E-state index in [9.17, 15) is 4.79 Å². The molecular formula is C27H26N6O. The monoisotopic (exact) mass is 450 g/mol. The Balaban J connectivity index is 1.32. The minimum atomic E-state index is -0.115. The fourth-order valence-corrected chi connectivity index (χ4v) is 4.24. The number of carbonyl (C=O) groups excluding carboxylic acids is 1. The molecule has 7 nitrogen and oxygen atoms in total. The van der Waals surface area contributed by atoms with E-state index < -0.39 is 0 Å². The molecule has 4 aromatic rings. The van der Waals surface area contributed by atoms with E-state index in [2.05, 4.69) is 79.9 Å². The second-order valence-corrected chi connectivity index (χ2v) is 8.52. The minimum Gasteiger partial charge on any atom is -0.336 e. The van der Waals surface area contributed by atoms with Gasteiger partial charge in [-0.15, -0.1) is 0 Å². The lowest BCUT2D eigenvalue weighted by atomic mass is 9.94. The van der Waals surface area contributed by atoms with E-state index in [-0.39, 0.29) is 5.91 Å². The number of anilines is 4. The molecule has 0 radical (unpaired) electrons. The molecule has 0 atom stereocenters. The third kappa shape index (κ3) is 4.88. The molecule has 0 aliphatic carbocycles. The lowest BCUT2D eigenvalue weighted by Crippen LogP contribution is -2.32. The van der Waals surface area contributed by atoms with Gasteiger partial charge in [0, 0.05) is 31.4 Å². The Morgan fingerprint density at radius 3 is 2.59 bits per heavy atom. The van der Waals surface area contributed by atoms with Gasteiger partial charge in [0.05, 0.1) is 0 Å². The van der Waals surface area contributed by atoms with Crippen LogP contribution in [0.3, 0.4) is 0 Å². The van der Waals surface area contributed by atoms with Crippen LogP contribution in [0.2, 0.25) is 0 Å². The Kier molecular flexibility index (Phi) is 5.91. The van der Waals surface area contributed by atoms with Crippen LogP contribution in [0.1, 0.15) is 23.6 Å². The molecule has 5 rings (SSSR count). The van der Waals surface area contributed by atoms with Crippen molar-refractivity contribution in [3.8, 4) is 11.1 Å².